The van der Waals surface area contributed by atoms with E-state index in [0.717, 1.165) is 13.0 Å². The van der Waals surface area contributed by atoms with Crippen molar-refractivity contribution in [2.75, 3.05) is 19.7 Å². The molecule has 1 aromatic carbocycles. The van der Waals surface area contributed by atoms with Gasteiger partial charge in [0, 0.05) is 19.0 Å². The van der Waals surface area contributed by atoms with Crippen LogP contribution in [0, 0.1) is 0 Å². The predicted molar refractivity (Wildman–Crippen MR) is 67.8 cm³/mol. The molecule has 1 fully saturated rings. The second-order valence-electron chi connectivity index (χ2n) is 3.91. The average molecular weight is 274 g/mol. The Kier molecular flexibility index (Phi) is 4.13. The van der Waals surface area contributed by atoms with E-state index in [4.69, 9.17) is 27.9 Å². The second kappa shape index (κ2) is 5.61. The van der Waals surface area contributed by atoms with Crippen molar-refractivity contribution < 1.29 is 9.53 Å². The maximum Gasteiger partial charge on any atom is 0.222 e. The molecule has 0 bridgehead atoms. The summed E-state index contributed by atoms with van der Waals surface area (Å²) in [5.41, 5.74) is 0. The Labute approximate surface area is 110 Å². The molecule has 2 rings (SSSR count). The van der Waals surface area contributed by atoms with Crippen molar-refractivity contribution in [2.24, 2.45) is 0 Å². The van der Waals surface area contributed by atoms with Crippen LogP contribution in [0.4, 0.5) is 0 Å². The van der Waals surface area contributed by atoms with E-state index in [9.17, 15) is 4.79 Å². The molecule has 0 aliphatic carbocycles. The number of amides is 1. The van der Waals surface area contributed by atoms with Gasteiger partial charge >= 0.3 is 0 Å². The molecule has 0 saturated carbocycles. The number of rotatable bonds is 4. The summed E-state index contributed by atoms with van der Waals surface area (Å²) in [7, 11) is 0. The van der Waals surface area contributed by atoms with Crippen LogP contribution >= 0.6 is 23.2 Å². The van der Waals surface area contributed by atoms with Crippen LogP contribution in [-0.4, -0.2) is 30.5 Å². The summed E-state index contributed by atoms with van der Waals surface area (Å²) >= 11 is 11.7. The zero-order valence-corrected chi connectivity index (χ0v) is 10.8. The van der Waals surface area contributed by atoms with Gasteiger partial charge in [-0.1, -0.05) is 23.2 Å². The number of halogens is 2. The molecule has 1 aliphatic rings. The van der Waals surface area contributed by atoms with Crippen molar-refractivity contribution in [1.29, 1.82) is 0 Å². The van der Waals surface area contributed by atoms with Crippen molar-refractivity contribution in [3.63, 3.8) is 0 Å². The number of ether oxygens (including phenoxy) is 1. The van der Waals surface area contributed by atoms with Gasteiger partial charge in [-0.3, -0.25) is 4.79 Å². The zero-order valence-electron chi connectivity index (χ0n) is 9.29. The summed E-state index contributed by atoms with van der Waals surface area (Å²) in [4.78, 5) is 13.2. The van der Waals surface area contributed by atoms with E-state index >= 15 is 0 Å². The minimum atomic E-state index is 0.211. The van der Waals surface area contributed by atoms with Gasteiger partial charge in [-0.15, -0.1) is 0 Å². The Morgan fingerprint density at radius 3 is 2.76 bits per heavy atom. The largest absolute Gasteiger partial charge is 0.492 e. The molecule has 1 amide bonds. The lowest BCUT2D eigenvalue weighted by atomic mass is 10.3. The number of nitrogens with zero attached hydrogens (tertiary/aromatic N) is 1. The van der Waals surface area contributed by atoms with Gasteiger partial charge < -0.3 is 9.64 Å². The summed E-state index contributed by atoms with van der Waals surface area (Å²) < 4.78 is 5.52. The van der Waals surface area contributed by atoms with E-state index < -0.39 is 0 Å². The Bertz CT molecular complexity index is 423. The number of hydrogen-bond acceptors (Lipinski definition) is 2. The van der Waals surface area contributed by atoms with Crippen LogP contribution in [-0.2, 0) is 4.79 Å². The Balaban J connectivity index is 1.81. The molecule has 0 spiro atoms. The van der Waals surface area contributed by atoms with E-state index in [0.29, 0.717) is 35.4 Å². The Hall–Kier alpha value is -0.930. The zero-order chi connectivity index (χ0) is 12.3. The molecule has 0 radical (unpaired) electrons. The van der Waals surface area contributed by atoms with Gasteiger partial charge in [0.25, 0.3) is 0 Å². The number of carbonyl (C=O) groups is 1. The summed E-state index contributed by atoms with van der Waals surface area (Å²) in [6, 6.07) is 5.13. The average Bonchev–Trinajstić information content (AvgIpc) is 2.70. The van der Waals surface area contributed by atoms with Gasteiger partial charge in [0.05, 0.1) is 16.6 Å². The van der Waals surface area contributed by atoms with E-state index in [1.807, 2.05) is 4.90 Å². The smallest absolute Gasteiger partial charge is 0.222 e. The fraction of sp³-hybridized carbons (Fsp3) is 0.417. The highest BCUT2D eigenvalue weighted by atomic mass is 35.5. The fourth-order valence-corrected chi connectivity index (χ4v) is 2.07. The van der Waals surface area contributed by atoms with Crippen molar-refractivity contribution in [2.45, 2.75) is 12.8 Å². The monoisotopic (exact) mass is 273 g/mol. The lowest BCUT2D eigenvalue weighted by Gasteiger charge is -2.15. The molecule has 17 heavy (non-hydrogen) atoms. The van der Waals surface area contributed by atoms with Gasteiger partial charge in [0.1, 0.15) is 12.4 Å². The third-order valence-corrected chi connectivity index (χ3v) is 3.43. The molecule has 1 aliphatic heterocycles. The maximum absolute atomic E-state index is 11.3. The second-order valence-corrected chi connectivity index (χ2v) is 4.72. The van der Waals surface area contributed by atoms with E-state index in [1.54, 1.807) is 18.2 Å². The maximum atomic E-state index is 11.3. The lowest BCUT2D eigenvalue weighted by Crippen LogP contribution is -2.29. The van der Waals surface area contributed by atoms with Gasteiger partial charge in [0.15, 0.2) is 0 Å². The normalized spacial score (nSPS) is 15.4. The van der Waals surface area contributed by atoms with Crippen LogP contribution in [0.25, 0.3) is 0 Å². The summed E-state index contributed by atoms with van der Waals surface area (Å²) in [5.74, 6) is 0.883. The molecule has 0 unspecified atom stereocenters. The number of likely N-dealkylation sites (tertiary alicyclic amines) is 1. The lowest BCUT2D eigenvalue weighted by molar-refractivity contribution is -0.128. The van der Waals surface area contributed by atoms with Crippen molar-refractivity contribution in [1.82, 2.24) is 4.90 Å². The topological polar surface area (TPSA) is 29.5 Å². The summed E-state index contributed by atoms with van der Waals surface area (Å²) in [6.07, 6.45) is 1.61. The molecular formula is C12H13Cl2NO2. The van der Waals surface area contributed by atoms with E-state index in [1.165, 1.54) is 0 Å². The fourth-order valence-electron chi connectivity index (χ4n) is 1.78. The number of hydrogen-bond donors (Lipinski definition) is 0. The van der Waals surface area contributed by atoms with Crippen LogP contribution in [0.5, 0.6) is 5.75 Å². The molecule has 1 aromatic rings. The third kappa shape index (κ3) is 3.27. The molecule has 1 heterocycles. The summed E-state index contributed by atoms with van der Waals surface area (Å²) in [5, 5.41) is 0.982. The predicted octanol–water partition coefficient (Wildman–Crippen LogP) is 2.99. The van der Waals surface area contributed by atoms with Gasteiger partial charge in [-0.2, -0.15) is 0 Å². The first-order valence-electron chi connectivity index (χ1n) is 5.52. The number of benzene rings is 1. The van der Waals surface area contributed by atoms with E-state index in [-0.39, 0.29) is 5.91 Å². The minimum absolute atomic E-state index is 0.211. The summed E-state index contributed by atoms with van der Waals surface area (Å²) in [6.45, 7) is 1.94. The minimum Gasteiger partial charge on any atom is -0.492 e. The van der Waals surface area contributed by atoms with Crippen LogP contribution < -0.4 is 4.74 Å². The standard InChI is InChI=1S/C12H13Cl2NO2/c13-10-4-3-9(8-11(10)14)17-7-6-15-5-1-2-12(15)16/h3-4,8H,1-2,5-7H2. The number of carbonyl (C=O) groups excluding carboxylic acids is 1. The van der Waals surface area contributed by atoms with Crippen LogP contribution in [0.15, 0.2) is 18.2 Å². The molecular weight excluding hydrogens is 261 g/mol. The van der Waals surface area contributed by atoms with Crippen LogP contribution in [0.3, 0.4) is 0 Å². The Morgan fingerprint density at radius 1 is 1.29 bits per heavy atom. The Morgan fingerprint density at radius 2 is 2.12 bits per heavy atom. The molecule has 0 aromatic heterocycles. The SMILES string of the molecule is O=C1CCCN1CCOc1ccc(Cl)c(Cl)c1. The van der Waals surface area contributed by atoms with Crippen LogP contribution in [0.2, 0.25) is 10.0 Å². The quantitative estimate of drug-likeness (QED) is 0.844. The first-order valence-corrected chi connectivity index (χ1v) is 6.28. The van der Waals surface area contributed by atoms with Crippen molar-refractivity contribution >= 4 is 29.1 Å². The first-order chi connectivity index (χ1) is 8.16. The van der Waals surface area contributed by atoms with Gasteiger partial charge in [0.2, 0.25) is 5.91 Å². The van der Waals surface area contributed by atoms with Crippen LogP contribution in [0.1, 0.15) is 12.8 Å². The van der Waals surface area contributed by atoms with Crippen molar-refractivity contribution in [3.8, 4) is 5.75 Å². The first kappa shape index (κ1) is 12.5. The molecule has 0 atom stereocenters. The highest BCUT2D eigenvalue weighted by molar-refractivity contribution is 6.42. The van der Waals surface area contributed by atoms with Crippen molar-refractivity contribution in [3.05, 3.63) is 28.2 Å². The van der Waals surface area contributed by atoms with E-state index in [2.05, 4.69) is 0 Å². The highest BCUT2D eigenvalue weighted by Gasteiger charge is 2.19. The molecule has 5 heteroatoms. The third-order valence-electron chi connectivity index (χ3n) is 2.69. The highest BCUT2D eigenvalue weighted by Crippen LogP contribution is 2.26. The molecule has 1 saturated heterocycles. The van der Waals surface area contributed by atoms with Gasteiger partial charge in [-0.25, -0.2) is 0 Å². The van der Waals surface area contributed by atoms with Gasteiger partial charge in [-0.05, 0) is 18.6 Å². The molecule has 3 nitrogen and oxygen atoms in total. The molecule has 0 N–H and O–H groups in total. The molecule has 92 valence electrons.